The number of allylic oxidation sites excluding steroid dienone is 4. The Hall–Kier alpha value is -1.65. The second-order valence-electron chi connectivity index (χ2n) is 4.27. The molecule has 0 saturated carbocycles. The highest BCUT2D eigenvalue weighted by atomic mass is 16.6. The van der Waals surface area contributed by atoms with Gasteiger partial charge >= 0.3 is 0 Å². The lowest BCUT2D eigenvalue weighted by Gasteiger charge is -2.19. The molecule has 1 aliphatic rings. The average Bonchev–Trinajstić information content (AvgIpc) is 2.23. The van der Waals surface area contributed by atoms with E-state index in [0.29, 0.717) is 12.1 Å². The lowest BCUT2D eigenvalue weighted by molar-refractivity contribution is -0.439. The molecule has 0 heterocycles. The number of oxime groups is 1. The summed E-state index contributed by atoms with van der Waals surface area (Å²) in [6, 6.07) is 0. The Labute approximate surface area is 87.9 Å². The first-order valence-electron chi connectivity index (χ1n) is 4.63. The normalized spacial score (nSPS) is 23.0. The van der Waals surface area contributed by atoms with Crippen LogP contribution in [0.2, 0.25) is 0 Å². The number of rotatable bonds is 1. The molecule has 0 fully saturated rings. The van der Waals surface area contributed by atoms with Gasteiger partial charge in [-0.15, -0.1) is 0 Å². The van der Waals surface area contributed by atoms with Gasteiger partial charge in [0.25, 0.3) is 5.70 Å². The molecule has 0 aromatic heterocycles. The van der Waals surface area contributed by atoms with E-state index in [2.05, 4.69) is 5.16 Å². The molecule has 0 aliphatic heterocycles. The van der Waals surface area contributed by atoms with E-state index < -0.39 is 5.41 Å². The lowest BCUT2D eigenvalue weighted by Crippen LogP contribution is -2.23. The van der Waals surface area contributed by atoms with Gasteiger partial charge in [0, 0.05) is 12.5 Å². The SMILES string of the molecule is CC1=CC=C([N+](=O)[O-])C(C)(C)C/C1=N\O. The number of nitrogens with zero attached hydrogens (tertiary/aromatic N) is 2. The van der Waals surface area contributed by atoms with Crippen LogP contribution in [0.5, 0.6) is 0 Å². The molecule has 1 rings (SSSR count). The standard InChI is InChI=1S/C10H14N2O3/c1-7-4-5-9(12(14)15)10(2,3)6-8(7)11-13/h4-5,13H,6H2,1-3H3/b11-8+. The summed E-state index contributed by atoms with van der Waals surface area (Å²) in [6.45, 7) is 5.29. The summed E-state index contributed by atoms with van der Waals surface area (Å²) < 4.78 is 0. The molecule has 15 heavy (non-hydrogen) atoms. The molecule has 0 aromatic carbocycles. The Morgan fingerprint density at radius 1 is 1.53 bits per heavy atom. The molecule has 1 N–H and O–H groups in total. The maximum Gasteiger partial charge on any atom is 0.252 e. The summed E-state index contributed by atoms with van der Waals surface area (Å²) in [7, 11) is 0. The van der Waals surface area contributed by atoms with Crippen LogP contribution in [0.25, 0.3) is 0 Å². The van der Waals surface area contributed by atoms with Gasteiger partial charge in [0.15, 0.2) is 0 Å². The van der Waals surface area contributed by atoms with Crippen molar-refractivity contribution in [2.75, 3.05) is 0 Å². The van der Waals surface area contributed by atoms with Gasteiger partial charge < -0.3 is 5.21 Å². The Balaban J connectivity index is 3.19. The zero-order valence-corrected chi connectivity index (χ0v) is 9.02. The van der Waals surface area contributed by atoms with E-state index in [1.165, 1.54) is 6.08 Å². The smallest absolute Gasteiger partial charge is 0.252 e. The van der Waals surface area contributed by atoms with Crippen molar-refractivity contribution in [3.05, 3.63) is 33.5 Å². The third-order valence-corrected chi connectivity index (χ3v) is 2.57. The van der Waals surface area contributed by atoms with Crippen LogP contribution in [0.3, 0.4) is 0 Å². The number of nitro groups is 1. The Kier molecular flexibility index (Phi) is 2.93. The van der Waals surface area contributed by atoms with E-state index >= 15 is 0 Å². The molecule has 0 atom stereocenters. The maximum atomic E-state index is 10.8. The first kappa shape index (κ1) is 11.4. The van der Waals surface area contributed by atoms with Crippen LogP contribution in [0, 0.1) is 15.5 Å². The van der Waals surface area contributed by atoms with Gasteiger partial charge in [-0.1, -0.05) is 11.2 Å². The van der Waals surface area contributed by atoms with E-state index in [1.807, 2.05) is 0 Å². The number of hydrogen-bond acceptors (Lipinski definition) is 4. The van der Waals surface area contributed by atoms with Crippen LogP contribution in [-0.4, -0.2) is 15.8 Å². The summed E-state index contributed by atoms with van der Waals surface area (Å²) in [4.78, 5) is 10.4. The van der Waals surface area contributed by atoms with E-state index in [4.69, 9.17) is 5.21 Å². The van der Waals surface area contributed by atoms with Gasteiger partial charge in [-0.05, 0) is 26.3 Å². The maximum absolute atomic E-state index is 10.8. The topological polar surface area (TPSA) is 75.7 Å². The average molecular weight is 210 g/mol. The minimum Gasteiger partial charge on any atom is -0.411 e. The molecule has 0 aromatic rings. The minimum atomic E-state index is -0.626. The van der Waals surface area contributed by atoms with E-state index in [-0.39, 0.29) is 10.6 Å². The summed E-state index contributed by atoms with van der Waals surface area (Å²) in [5.74, 6) is 0. The van der Waals surface area contributed by atoms with Crippen molar-refractivity contribution >= 4 is 5.71 Å². The Bertz CT molecular complexity index is 378. The Morgan fingerprint density at radius 3 is 2.60 bits per heavy atom. The van der Waals surface area contributed by atoms with Crippen LogP contribution >= 0.6 is 0 Å². The molecule has 0 spiro atoms. The molecule has 0 radical (unpaired) electrons. The van der Waals surface area contributed by atoms with Gasteiger partial charge in [0.05, 0.1) is 16.0 Å². The Morgan fingerprint density at radius 2 is 2.13 bits per heavy atom. The highest BCUT2D eigenvalue weighted by Crippen LogP contribution is 2.34. The summed E-state index contributed by atoms with van der Waals surface area (Å²) in [6.07, 6.45) is 3.45. The van der Waals surface area contributed by atoms with Crippen molar-refractivity contribution in [2.24, 2.45) is 10.6 Å². The van der Waals surface area contributed by atoms with Crippen molar-refractivity contribution < 1.29 is 10.1 Å². The predicted octanol–water partition coefficient (Wildman–Crippen LogP) is 2.35. The summed E-state index contributed by atoms with van der Waals surface area (Å²) in [5, 5.41) is 22.8. The van der Waals surface area contributed by atoms with Crippen LogP contribution < -0.4 is 0 Å². The van der Waals surface area contributed by atoms with Gasteiger partial charge in [-0.2, -0.15) is 0 Å². The molecule has 0 saturated heterocycles. The van der Waals surface area contributed by atoms with Gasteiger partial charge in [0.1, 0.15) is 0 Å². The van der Waals surface area contributed by atoms with Crippen molar-refractivity contribution in [3.63, 3.8) is 0 Å². The highest BCUT2D eigenvalue weighted by molar-refractivity contribution is 6.00. The van der Waals surface area contributed by atoms with E-state index in [0.717, 1.165) is 5.57 Å². The van der Waals surface area contributed by atoms with Crippen LogP contribution in [-0.2, 0) is 0 Å². The third kappa shape index (κ3) is 2.23. The predicted molar refractivity (Wildman–Crippen MR) is 56.5 cm³/mol. The number of hydrogen-bond donors (Lipinski definition) is 1. The van der Waals surface area contributed by atoms with Crippen LogP contribution in [0.1, 0.15) is 27.2 Å². The molecule has 0 unspecified atom stereocenters. The monoisotopic (exact) mass is 210 g/mol. The van der Waals surface area contributed by atoms with Crippen molar-refractivity contribution in [3.8, 4) is 0 Å². The van der Waals surface area contributed by atoms with Crippen LogP contribution in [0.15, 0.2) is 28.6 Å². The fourth-order valence-electron chi connectivity index (χ4n) is 1.60. The molecule has 5 nitrogen and oxygen atoms in total. The molecule has 0 bridgehead atoms. The molecule has 1 aliphatic carbocycles. The van der Waals surface area contributed by atoms with E-state index in [1.54, 1.807) is 26.8 Å². The zero-order valence-electron chi connectivity index (χ0n) is 9.02. The van der Waals surface area contributed by atoms with Crippen molar-refractivity contribution in [1.82, 2.24) is 0 Å². The zero-order chi connectivity index (χ0) is 11.6. The lowest BCUT2D eigenvalue weighted by atomic mass is 9.84. The summed E-state index contributed by atoms with van der Waals surface area (Å²) in [5.41, 5.74) is 0.760. The third-order valence-electron chi connectivity index (χ3n) is 2.57. The molecular formula is C10H14N2O3. The first-order chi connectivity index (χ1) is 6.88. The van der Waals surface area contributed by atoms with E-state index in [9.17, 15) is 10.1 Å². The van der Waals surface area contributed by atoms with Crippen molar-refractivity contribution in [1.29, 1.82) is 0 Å². The fourth-order valence-corrected chi connectivity index (χ4v) is 1.60. The van der Waals surface area contributed by atoms with Gasteiger partial charge in [-0.25, -0.2) is 0 Å². The quantitative estimate of drug-likeness (QED) is 0.410. The largest absolute Gasteiger partial charge is 0.411 e. The molecule has 0 amide bonds. The fraction of sp³-hybridized carbons (Fsp3) is 0.500. The van der Waals surface area contributed by atoms with Crippen LogP contribution in [0.4, 0.5) is 0 Å². The highest BCUT2D eigenvalue weighted by Gasteiger charge is 2.36. The molecule has 82 valence electrons. The second-order valence-corrected chi connectivity index (χ2v) is 4.27. The molecule has 5 heteroatoms. The summed E-state index contributed by atoms with van der Waals surface area (Å²) >= 11 is 0. The minimum absolute atomic E-state index is 0.139. The van der Waals surface area contributed by atoms with Gasteiger partial charge in [-0.3, -0.25) is 10.1 Å². The van der Waals surface area contributed by atoms with Crippen molar-refractivity contribution in [2.45, 2.75) is 27.2 Å². The van der Waals surface area contributed by atoms with Gasteiger partial charge in [0.2, 0.25) is 0 Å². The second kappa shape index (κ2) is 3.84. The first-order valence-corrected chi connectivity index (χ1v) is 4.63. The molecular weight excluding hydrogens is 196 g/mol.